The number of anilines is 2. The Morgan fingerprint density at radius 2 is 2.00 bits per heavy atom. The zero-order valence-corrected chi connectivity index (χ0v) is 15.3. The van der Waals surface area contributed by atoms with Crippen molar-refractivity contribution in [3.8, 4) is 0 Å². The largest absolute Gasteiger partial charge is 0.459 e. The second kappa shape index (κ2) is 7.91. The van der Waals surface area contributed by atoms with Crippen LogP contribution in [0.2, 0.25) is 0 Å². The smallest absolute Gasteiger partial charge is 0.290 e. The van der Waals surface area contributed by atoms with Gasteiger partial charge in [-0.25, -0.2) is 4.90 Å². The van der Waals surface area contributed by atoms with Crippen LogP contribution in [0.1, 0.15) is 23.9 Å². The van der Waals surface area contributed by atoms with Crippen LogP contribution in [-0.2, 0) is 14.4 Å². The fourth-order valence-corrected chi connectivity index (χ4v) is 3.06. The maximum atomic E-state index is 12.9. The molecular formula is C20H19N3O5. The summed E-state index contributed by atoms with van der Waals surface area (Å²) in [5, 5.41) is 2.62. The minimum absolute atomic E-state index is 0.0835. The van der Waals surface area contributed by atoms with E-state index in [2.05, 4.69) is 11.9 Å². The lowest BCUT2D eigenvalue weighted by molar-refractivity contribution is -0.122. The molecular weight excluding hydrogens is 362 g/mol. The van der Waals surface area contributed by atoms with Gasteiger partial charge >= 0.3 is 0 Å². The second-order valence-corrected chi connectivity index (χ2v) is 6.24. The number of nitrogens with one attached hydrogen (secondary N) is 1. The van der Waals surface area contributed by atoms with Gasteiger partial charge in [0.2, 0.25) is 11.8 Å². The quantitative estimate of drug-likeness (QED) is 0.611. The van der Waals surface area contributed by atoms with E-state index < -0.39 is 23.8 Å². The van der Waals surface area contributed by atoms with Gasteiger partial charge in [0.15, 0.2) is 5.76 Å². The van der Waals surface area contributed by atoms with Crippen LogP contribution < -0.4 is 10.2 Å². The molecule has 28 heavy (non-hydrogen) atoms. The highest BCUT2D eigenvalue weighted by atomic mass is 16.3. The highest BCUT2D eigenvalue weighted by Gasteiger charge is 2.44. The Labute approximate surface area is 161 Å². The van der Waals surface area contributed by atoms with Crippen LogP contribution in [0, 0.1) is 0 Å². The third-order valence-corrected chi connectivity index (χ3v) is 4.26. The summed E-state index contributed by atoms with van der Waals surface area (Å²) >= 11 is 0. The molecule has 0 spiro atoms. The van der Waals surface area contributed by atoms with Crippen molar-refractivity contribution in [1.29, 1.82) is 0 Å². The predicted molar refractivity (Wildman–Crippen MR) is 102 cm³/mol. The Morgan fingerprint density at radius 1 is 1.29 bits per heavy atom. The number of rotatable bonds is 6. The van der Waals surface area contributed by atoms with Gasteiger partial charge in [-0.05, 0) is 36.4 Å². The molecule has 1 aliphatic rings. The monoisotopic (exact) mass is 381 g/mol. The van der Waals surface area contributed by atoms with E-state index in [1.165, 1.54) is 30.2 Å². The molecule has 0 radical (unpaired) electrons. The van der Waals surface area contributed by atoms with E-state index >= 15 is 0 Å². The lowest BCUT2D eigenvalue weighted by Gasteiger charge is -2.25. The van der Waals surface area contributed by atoms with Gasteiger partial charge in [0, 0.05) is 19.2 Å². The molecule has 0 saturated carbocycles. The Hall–Kier alpha value is -3.68. The summed E-state index contributed by atoms with van der Waals surface area (Å²) in [4.78, 5) is 51.6. The number of hydrogen-bond acceptors (Lipinski definition) is 5. The first kappa shape index (κ1) is 19.1. The van der Waals surface area contributed by atoms with Crippen LogP contribution in [0.15, 0.2) is 59.7 Å². The summed E-state index contributed by atoms with van der Waals surface area (Å²) in [6, 6.07) is 8.45. The van der Waals surface area contributed by atoms with E-state index in [1.54, 1.807) is 30.3 Å². The van der Waals surface area contributed by atoms with Crippen LogP contribution in [0.3, 0.4) is 0 Å². The van der Waals surface area contributed by atoms with E-state index in [9.17, 15) is 19.2 Å². The first-order valence-electron chi connectivity index (χ1n) is 8.62. The number of imide groups is 1. The van der Waals surface area contributed by atoms with Crippen LogP contribution in [0.25, 0.3) is 0 Å². The zero-order valence-electron chi connectivity index (χ0n) is 15.3. The van der Waals surface area contributed by atoms with E-state index in [0.29, 0.717) is 11.4 Å². The maximum Gasteiger partial charge on any atom is 0.290 e. The van der Waals surface area contributed by atoms with Gasteiger partial charge in [-0.2, -0.15) is 0 Å². The highest BCUT2D eigenvalue weighted by molar-refractivity contribution is 6.23. The standard InChI is InChI=1S/C20H19N3O5/c1-3-10-22(20(27)17-5-4-11-28-17)16-12-18(25)23(19(16)26)15-8-6-14(7-9-15)21-13(2)24/h3-9,11,16H,1,10,12H2,2H3,(H,21,24). The van der Waals surface area contributed by atoms with Gasteiger partial charge in [-0.15, -0.1) is 6.58 Å². The van der Waals surface area contributed by atoms with Crippen molar-refractivity contribution in [2.75, 3.05) is 16.8 Å². The fraction of sp³-hybridized carbons (Fsp3) is 0.200. The molecule has 1 N–H and O–H groups in total. The van der Waals surface area contributed by atoms with Crippen molar-refractivity contribution >= 4 is 35.0 Å². The fourth-order valence-electron chi connectivity index (χ4n) is 3.06. The third kappa shape index (κ3) is 3.71. The van der Waals surface area contributed by atoms with Crippen molar-refractivity contribution in [3.05, 3.63) is 61.1 Å². The zero-order chi connectivity index (χ0) is 20.3. The van der Waals surface area contributed by atoms with E-state index in [4.69, 9.17) is 4.42 Å². The predicted octanol–water partition coefficient (Wildman–Crippen LogP) is 2.20. The number of benzene rings is 1. The molecule has 144 valence electrons. The summed E-state index contributed by atoms with van der Waals surface area (Å²) < 4.78 is 5.13. The lowest BCUT2D eigenvalue weighted by atomic mass is 10.2. The summed E-state index contributed by atoms with van der Waals surface area (Å²) in [6.45, 7) is 5.10. The van der Waals surface area contributed by atoms with Gasteiger partial charge in [-0.1, -0.05) is 6.08 Å². The summed E-state index contributed by atoms with van der Waals surface area (Å²) in [7, 11) is 0. The molecule has 3 rings (SSSR count). The van der Waals surface area contributed by atoms with Crippen LogP contribution in [0.4, 0.5) is 11.4 Å². The lowest BCUT2D eigenvalue weighted by Crippen LogP contribution is -2.45. The van der Waals surface area contributed by atoms with E-state index in [-0.39, 0.29) is 24.6 Å². The molecule has 1 saturated heterocycles. The van der Waals surface area contributed by atoms with Crippen molar-refractivity contribution in [3.63, 3.8) is 0 Å². The first-order chi connectivity index (χ1) is 13.4. The molecule has 1 atom stereocenters. The molecule has 2 aromatic rings. The maximum absolute atomic E-state index is 12.9. The Balaban J connectivity index is 1.84. The normalized spacial score (nSPS) is 16.2. The molecule has 1 aromatic carbocycles. The summed E-state index contributed by atoms with van der Waals surface area (Å²) in [5.74, 6) is -1.54. The molecule has 8 nitrogen and oxygen atoms in total. The minimum atomic E-state index is -0.946. The SMILES string of the molecule is C=CCN(C(=O)c1ccco1)C1CC(=O)N(c2ccc(NC(C)=O)cc2)C1=O. The topological polar surface area (TPSA) is 99.9 Å². The van der Waals surface area contributed by atoms with Gasteiger partial charge in [0.05, 0.1) is 18.4 Å². The number of nitrogens with zero attached hydrogens (tertiary/aromatic N) is 2. The van der Waals surface area contributed by atoms with Crippen LogP contribution in [0.5, 0.6) is 0 Å². The molecule has 1 aromatic heterocycles. The van der Waals surface area contributed by atoms with Gasteiger partial charge < -0.3 is 14.6 Å². The van der Waals surface area contributed by atoms with Crippen LogP contribution in [-0.4, -0.2) is 41.1 Å². The van der Waals surface area contributed by atoms with Crippen LogP contribution >= 0.6 is 0 Å². The Morgan fingerprint density at radius 3 is 2.57 bits per heavy atom. The second-order valence-electron chi connectivity index (χ2n) is 6.24. The molecule has 1 aliphatic heterocycles. The van der Waals surface area contributed by atoms with E-state index in [1.807, 2.05) is 0 Å². The van der Waals surface area contributed by atoms with Gasteiger partial charge in [0.1, 0.15) is 6.04 Å². The molecule has 0 aliphatic carbocycles. The number of hydrogen-bond donors (Lipinski definition) is 1. The van der Waals surface area contributed by atoms with E-state index in [0.717, 1.165) is 4.90 Å². The van der Waals surface area contributed by atoms with Crippen molar-refractivity contribution < 1.29 is 23.6 Å². The molecule has 2 heterocycles. The molecule has 0 bridgehead atoms. The number of amides is 4. The van der Waals surface area contributed by atoms with Crippen molar-refractivity contribution in [1.82, 2.24) is 4.90 Å². The Bertz CT molecular complexity index is 918. The third-order valence-electron chi connectivity index (χ3n) is 4.26. The van der Waals surface area contributed by atoms with Crippen molar-refractivity contribution in [2.24, 2.45) is 0 Å². The summed E-state index contributed by atoms with van der Waals surface area (Å²) in [5.41, 5.74) is 0.920. The number of carbonyl (C=O) groups excluding carboxylic acids is 4. The molecule has 1 unspecified atom stereocenters. The minimum Gasteiger partial charge on any atom is -0.459 e. The van der Waals surface area contributed by atoms with Gasteiger partial charge in [-0.3, -0.25) is 19.2 Å². The number of furan rings is 1. The highest BCUT2D eigenvalue weighted by Crippen LogP contribution is 2.27. The summed E-state index contributed by atoms with van der Waals surface area (Å²) in [6.07, 6.45) is 2.72. The number of carbonyl (C=O) groups is 4. The molecule has 4 amide bonds. The Kier molecular flexibility index (Phi) is 5.39. The van der Waals surface area contributed by atoms with Gasteiger partial charge in [0.25, 0.3) is 11.8 Å². The van der Waals surface area contributed by atoms with Crippen molar-refractivity contribution in [2.45, 2.75) is 19.4 Å². The molecule has 1 fully saturated rings. The first-order valence-corrected chi connectivity index (χ1v) is 8.62. The average Bonchev–Trinajstić information content (AvgIpc) is 3.28. The molecule has 8 heteroatoms. The average molecular weight is 381 g/mol.